The summed E-state index contributed by atoms with van der Waals surface area (Å²) in [5.74, 6) is 0. The highest BCUT2D eigenvalue weighted by Gasteiger charge is 2.10. The van der Waals surface area contributed by atoms with Gasteiger partial charge in [-0.3, -0.25) is 0 Å². The highest BCUT2D eigenvalue weighted by atomic mass is 14.7. The standard InChI is InChI=1S/C16H11N3/c17-10-16-13(12-6-2-3-7-14(12)18)9-11-5-1-4-8-15(11)19-16/h1-9H,18H2. The number of para-hydroxylation sites is 2. The number of benzene rings is 2. The molecule has 2 aromatic carbocycles. The van der Waals surface area contributed by atoms with Crippen molar-refractivity contribution >= 4 is 16.6 Å². The Morgan fingerprint density at radius 1 is 0.947 bits per heavy atom. The predicted octanol–water partition coefficient (Wildman–Crippen LogP) is 3.36. The number of hydrogen-bond donors (Lipinski definition) is 1. The number of hydrogen-bond acceptors (Lipinski definition) is 3. The first-order valence-corrected chi connectivity index (χ1v) is 5.94. The molecule has 0 saturated carbocycles. The van der Waals surface area contributed by atoms with Gasteiger partial charge in [0.25, 0.3) is 0 Å². The summed E-state index contributed by atoms with van der Waals surface area (Å²) in [6.45, 7) is 0. The molecule has 0 saturated heterocycles. The zero-order valence-electron chi connectivity index (χ0n) is 10.2. The smallest absolute Gasteiger partial charge is 0.149 e. The molecular weight excluding hydrogens is 234 g/mol. The Balaban J connectivity index is 2.35. The summed E-state index contributed by atoms with van der Waals surface area (Å²) in [6, 6.07) is 19.4. The van der Waals surface area contributed by atoms with Gasteiger partial charge in [0.15, 0.2) is 0 Å². The minimum absolute atomic E-state index is 0.400. The van der Waals surface area contributed by atoms with Crippen LogP contribution in [0.5, 0.6) is 0 Å². The first-order chi connectivity index (χ1) is 9.29. The molecule has 1 aromatic heterocycles. The van der Waals surface area contributed by atoms with Gasteiger partial charge in [0, 0.05) is 22.2 Å². The van der Waals surface area contributed by atoms with Gasteiger partial charge in [0.2, 0.25) is 0 Å². The second-order valence-electron chi connectivity index (χ2n) is 4.28. The largest absolute Gasteiger partial charge is 0.398 e. The SMILES string of the molecule is N#Cc1nc2ccccc2cc1-c1ccccc1N. The molecule has 3 aromatic rings. The lowest BCUT2D eigenvalue weighted by Gasteiger charge is -2.08. The summed E-state index contributed by atoms with van der Waals surface area (Å²) in [4.78, 5) is 4.39. The lowest BCUT2D eigenvalue weighted by Crippen LogP contribution is -1.94. The quantitative estimate of drug-likeness (QED) is 0.669. The normalized spacial score (nSPS) is 10.3. The van der Waals surface area contributed by atoms with Crippen LogP contribution in [-0.4, -0.2) is 4.98 Å². The molecule has 0 amide bonds. The van der Waals surface area contributed by atoms with Crippen molar-refractivity contribution in [2.24, 2.45) is 0 Å². The number of nitrogen functional groups attached to an aromatic ring is 1. The van der Waals surface area contributed by atoms with Crippen molar-refractivity contribution in [3.8, 4) is 17.2 Å². The van der Waals surface area contributed by atoms with Crippen LogP contribution in [0.15, 0.2) is 54.6 Å². The molecule has 0 radical (unpaired) electrons. The summed E-state index contributed by atoms with van der Waals surface area (Å²) >= 11 is 0. The maximum absolute atomic E-state index is 9.28. The number of pyridine rings is 1. The monoisotopic (exact) mass is 245 g/mol. The average Bonchev–Trinajstić information content (AvgIpc) is 2.46. The zero-order chi connectivity index (χ0) is 13.2. The van der Waals surface area contributed by atoms with Crippen molar-refractivity contribution in [1.82, 2.24) is 4.98 Å². The van der Waals surface area contributed by atoms with E-state index in [0.717, 1.165) is 22.0 Å². The molecule has 0 bridgehead atoms. The molecule has 90 valence electrons. The van der Waals surface area contributed by atoms with Crippen LogP contribution in [0.25, 0.3) is 22.0 Å². The van der Waals surface area contributed by atoms with Crippen molar-refractivity contribution in [2.45, 2.75) is 0 Å². The van der Waals surface area contributed by atoms with E-state index in [-0.39, 0.29) is 0 Å². The molecule has 3 rings (SSSR count). The van der Waals surface area contributed by atoms with Crippen LogP contribution < -0.4 is 5.73 Å². The second kappa shape index (κ2) is 4.43. The molecule has 3 heteroatoms. The molecule has 3 nitrogen and oxygen atoms in total. The van der Waals surface area contributed by atoms with E-state index < -0.39 is 0 Å². The minimum atomic E-state index is 0.400. The molecule has 0 aliphatic rings. The van der Waals surface area contributed by atoms with Crippen LogP contribution in [0.3, 0.4) is 0 Å². The van der Waals surface area contributed by atoms with Gasteiger partial charge in [0.05, 0.1) is 5.52 Å². The number of fused-ring (bicyclic) bond motifs is 1. The fourth-order valence-corrected chi connectivity index (χ4v) is 2.15. The summed E-state index contributed by atoms with van der Waals surface area (Å²) in [6.07, 6.45) is 0. The highest BCUT2D eigenvalue weighted by Crippen LogP contribution is 2.30. The summed E-state index contributed by atoms with van der Waals surface area (Å²) in [5, 5.41) is 10.3. The summed E-state index contributed by atoms with van der Waals surface area (Å²) in [7, 11) is 0. The second-order valence-corrected chi connectivity index (χ2v) is 4.28. The van der Waals surface area contributed by atoms with Crippen molar-refractivity contribution < 1.29 is 0 Å². The maximum atomic E-state index is 9.28. The molecule has 0 aliphatic heterocycles. The van der Waals surface area contributed by atoms with Crippen molar-refractivity contribution in [3.63, 3.8) is 0 Å². The van der Waals surface area contributed by atoms with Gasteiger partial charge in [-0.05, 0) is 18.2 Å². The van der Waals surface area contributed by atoms with Crippen LogP contribution in [-0.2, 0) is 0 Å². The van der Waals surface area contributed by atoms with Crippen LogP contribution >= 0.6 is 0 Å². The Morgan fingerprint density at radius 3 is 2.47 bits per heavy atom. The Morgan fingerprint density at radius 2 is 1.68 bits per heavy atom. The Kier molecular flexibility index (Phi) is 2.62. The van der Waals surface area contributed by atoms with E-state index in [0.29, 0.717) is 11.4 Å². The number of rotatable bonds is 1. The van der Waals surface area contributed by atoms with Gasteiger partial charge in [-0.15, -0.1) is 0 Å². The van der Waals surface area contributed by atoms with Gasteiger partial charge in [-0.1, -0.05) is 36.4 Å². The van der Waals surface area contributed by atoms with E-state index in [9.17, 15) is 5.26 Å². The topological polar surface area (TPSA) is 62.7 Å². The number of nitrogens with zero attached hydrogens (tertiary/aromatic N) is 2. The van der Waals surface area contributed by atoms with E-state index in [1.54, 1.807) is 0 Å². The van der Waals surface area contributed by atoms with E-state index >= 15 is 0 Å². The average molecular weight is 245 g/mol. The van der Waals surface area contributed by atoms with E-state index in [2.05, 4.69) is 11.1 Å². The van der Waals surface area contributed by atoms with Crippen molar-refractivity contribution in [1.29, 1.82) is 5.26 Å². The molecule has 0 aliphatic carbocycles. The Labute approximate surface area is 110 Å². The Hall–Kier alpha value is -2.86. The van der Waals surface area contributed by atoms with Crippen LogP contribution in [0.2, 0.25) is 0 Å². The van der Waals surface area contributed by atoms with Gasteiger partial charge in [-0.2, -0.15) is 5.26 Å². The summed E-state index contributed by atoms with van der Waals surface area (Å²) in [5.41, 5.74) is 9.47. The predicted molar refractivity (Wildman–Crippen MR) is 76.3 cm³/mol. The van der Waals surface area contributed by atoms with Gasteiger partial charge in [0.1, 0.15) is 11.8 Å². The molecule has 19 heavy (non-hydrogen) atoms. The number of nitrogens with two attached hydrogens (primary N) is 1. The van der Waals surface area contributed by atoms with Gasteiger partial charge >= 0.3 is 0 Å². The Bertz CT molecular complexity index is 800. The molecule has 2 N–H and O–H groups in total. The third-order valence-corrected chi connectivity index (χ3v) is 3.08. The number of anilines is 1. The zero-order valence-corrected chi connectivity index (χ0v) is 10.2. The minimum Gasteiger partial charge on any atom is -0.398 e. The third kappa shape index (κ3) is 1.90. The number of aromatic nitrogens is 1. The lowest BCUT2D eigenvalue weighted by atomic mass is 10.0. The van der Waals surface area contributed by atoms with Crippen LogP contribution in [0, 0.1) is 11.3 Å². The first-order valence-electron chi connectivity index (χ1n) is 5.94. The summed E-state index contributed by atoms with van der Waals surface area (Å²) < 4.78 is 0. The number of nitriles is 1. The fraction of sp³-hybridized carbons (Fsp3) is 0. The van der Waals surface area contributed by atoms with E-state index in [1.807, 2.05) is 54.6 Å². The van der Waals surface area contributed by atoms with Crippen molar-refractivity contribution in [2.75, 3.05) is 5.73 Å². The van der Waals surface area contributed by atoms with E-state index in [1.165, 1.54) is 0 Å². The lowest BCUT2D eigenvalue weighted by molar-refractivity contribution is 1.32. The first kappa shape index (κ1) is 11.2. The molecular formula is C16H11N3. The molecule has 0 atom stereocenters. The van der Waals surface area contributed by atoms with Gasteiger partial charge < -0.3 is 5.73 Å². The molecule has 0 fully saturated rings. The fourth-order valence-electron chi connectivity index (χ4n) is 2.15. The molecule has 1 heterocycles. The van der Waals surface area contributed by atoms with E-state index in [4.69, 9.17) is 5.73 Å². The van der Waals surface area contributed by atoms with Gasteiger partial charge in [-0.25, -0.2) is 4.98 Å². The maximum Gasteiger partial charge on any atom is 0.149 e. The molecule has 0 unspecified atom stereocenters. The van der Waals surface area contributed by atoms with Crippen molar-refractivity contribution in [3.05, 3.63) is 60.3 Å². The van der Waals surface area contributed by atoms with Crippen LogP contribution in [0.4, 0.5) is 5.69 Å². The third-order valence-electron chi connectivity index (χ3n) is 3.08. The van der Waals surface area contributed by atoms with Crippen LogP contribution in [0.1, 0.15) is 5.69 Å². The highest BCUT2D eigenvalue weighted by molar-refractivity contribution is 5.88. The molecule has 0 spiro atoms.